The third kappa shape index (κ3) is 6.09. The van der Waals surface area contributed by atoms with Gasteiger partial charge in [0.05, 0.1) is 0 Å². The largest absolute Gasteiger partial charge is 0.463 e. The van der Waals surface area contributed by atoms with Crippen molar-refractivity contribution in [3.8, 4) is 0 Å². The maximum atomic E-state index is 11.7. The summed E-state index contributed by atoms with van der Waals surface area (Å²) in [4.78, 5) is 34.8. The Bertz CT molecular complexity index is 436. The summed E-state index contributed by atoms with van der Waals surface area (Å²) in [5, 5.41) is 0. The highest BCUT2D eigenvalue weighted by atomic mass is 16.7. The first-order valence-corrected chi connectivity index (χ1v) is 8.17. The Kier molecular flexibility index (Phi) is 8.70. The molecule has 1 aliphatic rings. The van der Waals surface area contributed by atoms with Crippen LogP contribution in [0.3, 0.4) is 0 Å². The Morgan fingerprint density at radius 2 is 1.54 bits per heavy atom. The van der Waals surface area contributed by atoms with Gasteiger partial charge >= 0.3 is 17.9 Å². The molecule has 1 fully saturated rings. The van der Waals surface area contributed by atoms with Crippen molar-refractivity contribution < 1.29 is 38.1 Å². The standard InChI is InChI=1S/C16H26O8/c1-5-12(17)21-9-11-16(24-14(19)7-3)10(22-13(18)6-2)8-15(20-4)23-11/h10-11,15-16H,5-9H2,1-4H3/t10-,11-,15+,16+/m1/s1. The smallest absolute Gasteiger partial charge is 0.306 e. The minimum Gasteiger partial charge on any atom is -0.463 e. The average molecular weight is 346 g/mol. The Morgan fingerprint density at radius 1 is 0.958 bits per heavy atom. The molecular weight excluding hydrogens is 320 g/mol. The van der Waals surface area contributed by atoms with Gasteiger partial charge in [0, 0.05) is 32.8 Å². The number of esters is 3. The number of rotatable bonds is 8. The van der Waals surface area contributed by atoms with E-state index in [1.807, 2.05) is 0 Å². The van der Waals surface area contributed by atoms with E-state index in [4.69, 9.17) is 23.7 Å². The summed E-state index contributed by atoms with van der Waals surface area (Å²) in [6.07, 6.45) is -2.21. The topological polar surface area (TPSA) is 97.4 Å². The number of hydrogen-bond donors (Lipinski definition) is 0. The van der Waals surface area contributed by atoms with Crippen molar-refractivity contribution in [2.24, 2.45) is 0 Å². The molecule has 0 aromatic heterocycles. The van der Waals surface area contributed by atoms with Crippen molar-refractivity contribution in [1.82, 2.24) is 0 Å². The van der Waals surface area contributed by atoms with Crippen molar-refractivity contribution in [1.29, 1.82) is 0 Å². The van der Waals surface area contributed by atoms with Gasteiger partial charge in [-0.2, -0.15) is 0 Å². The molecule has 0 spiro atoms. The molecule has 24 heavy (non-hydrogen) atoms. The first kappa shape index (κ1) is 20.4. The van der Waals surface area contributed by atoms with E-state index in [0.29, 0.717) is 0 Å². The second kappa shape index (κ2) is 10.2. The van der Waals surface area contributed by atoms with Crippen LogP contribution < -0.4 is 0 Å². The normalized spacial score (nSPS) is 26.5. The van der Waals surface area contributed by atoms with Gasteiger partial charge < -0.3 is 23.7 Å². The second-order valence-corrected chi connectivity index (χ2v) is 5.30. The Hall–Kier alpha value is -1.67. The van der Waals surface area contributed by atoms with Gasteiger partial charge in [-0.25, -0.2) is 0 Å². The molecule has 0 bridgehead atoms. The van der Waals surface area contributed by atoms with Crippen LogP contribution in [0.4, 0.5) is 0 Å². The van der Waals surface area contributed by atoms with Crippen LogP contribution in [0, 0.1) is 0 Å². The zero-order valence-electron chi connectivity index (χ0n) is 14.6. The minimum atomic E-state index is -0.857. The van der Waals surface area contributed by atoms with E-state index in [9.17, 15) is 14.4 Å². The van der Waals surface area contributed by atoms with Crippen LogP contribution in [0.25, 0.3) is 0 Å². The molecular formula is C16H26O8. The van der Waals surface area contributed by atoms with Crippen LogP contribution in [0.2, 0.25) is 0 Å². The van der Waals surface area contributed by atoms with Gasteiger partial charge in [-0.1, -0.05) is 20.8 Å². The molecule has 8 heteroatoms. The van der Waals surface area contributed by atoms with Crippen LogP contribution in [-0.2, 0) is 38.1 Å². The molecule has 0 N–H and O–H groups in total. The van der Waals surface area contributed by atoms with E-state index in [-0.39, 0.29) is 32.3 Å². The van der Waals surface area contributed by atoms with Gasteiger partial charge in [0.1, 0.15) is 18.8 Å². The first-order chi connectivity index (χ1) is 11.4. The lowest BCUT2D eigenvalue weighted by molar-refractivity contribution is -0.260. The number of carbonyl (C=O) groups excluding carboxylic acids is 3. The highest BCUT2D eigenvalue weighted by Gasteiger charge is 2.44. The zero-order chi connectivity index (χ0) is 18.1. The molecule has 138 valence electrons. The molecule has 1 aliphatic heterocycles. The van der Waals surface area contributed by atoms with Crippen molar-refractivity contribution in [2.45, 2.75) is 71.1 Å². The van der Waals surface area contributed by atoms with Gasteiger partial charge in [-0.3, -0.25) is 14.4 Å². The van der Waals surface area contributed by atoms with E-state index >= 15 is 0 Å². The van der Waals surface area contributed by atoms with E-state index in [0.717, 1.165) is 0 Å². The molecule has 1 heterocycles. The Morgan fingerprint density at radius 3 is 2.08 bits per heavy atom. The molecule has 0 unspecified atom stereocenters. The Labute approximate surface area is 141 Å². The van der Waals surface area contributed by atoms with E-state index in [1.54, 1.807) is 20.8 Å². The van der Waals surface area contributed by atoms with Crippen LogP contribution in [0.15, 0.2) is 0 Å². The number of ether oxygens (including phenoxy) is 5. The molecule has 0 saturated carbocycles. The van der Waals surface area contributed by atoms with E-state index in [2.05, 4.69) is 0 Å². The fourth-order valence-corrected chi connectivity index (χ4v) is 2.21. The zero-order valence-corrected chi connectivity index (χ0v) is 14.6. The molecule has 0 amide bonds. The number of methoxy groups -OCH3 is 1. The number of carbonyl (C=O) groups is 3. The molecule has 8 nitrogen and oxygen atoms in total. The molecule has 4 atom stereocenters. The molecule has 0 aromatic rings. The van der Waals surface area contributed by atoms with Gasteiger partial charge in [-0.05, 0) is 0 Å². The van der Waals surface area contributed by atoms with Crippen LogP contribution in [0.5, 0.6) is 0 Å². The summed E-state index contributed by atoms with van der Waals surface area (Å²) in [5.74, 6) is -1.27. The molecule has 0 radical (unpaired) electrons. The monoisotopic (exact) mass is 346 g/mol. The van der Waals surface area contributed by atoms with Gasteiger partial charge in [-0.15, -0.1) is 0 Å². The van der Waals surface area contributed by atoms with Gasteiger partial charge in [0.2, 0.25) is 0 Å². The quantitative estimate of drug-likeness (QED) is 0.480. The first-order valence-electron chi connectivity index (χ1n) is 8.17. The maximum absolute atomic E-state index is 11.7. The van der Waals surface area contributed by atoms with Crippen LogP contribution in [-0.4, -0.2) is 56.2 Å². The van der Waals surface area contributed by atoms with Gasteiger partial charge in [0.25, 0.3) is 0 Å². The average Bonchev–Trinajstić information content (AvgIpc) is 2.60. The summed E-state index contributed by atoms with van der Waals surface area (Å²) < 4.78 is 26.7. The molecule has 1 rings (SSSR count). The van der Waals surface area contributed by atoms with Crippen molar-refractivity contribution in [2.75, 3.05) is 13.7 Å². The summed E-state index contributed by atoms with van der Waals surface area (Å²) >= 11 is 0. The highest BCUT2D eigenvalue weighted by Crippen LogP contribution is 2.27. The Balaban J connectivity index is 2.91. The number of hydrogen-bond acceptors (Lipinski definition) is 8. The predicted octanol–water partition coefficient (Wildman–Crippen LogP) is 1.34. The highest BCUT2D eigenvalue weighted by molar-refractivity contribution is 5.70. The summed E-state index contributed by atoms with van der Waals surface area (Å²) in [6.45, 7) is 4.88. The third-order valence-electron chi connectivity index (χ3n) is 3.57. The van der Waals surface area contributed by atoms with E-state index in [1.165, 1.54) is 7.11 Å². The lowest BCUT2D eigenvalue weighted by Gasteiger charge is -2.39. The fourth-order valence-electron chi connectivity index (χ4n) is 2.21. The predicted molar refractivity (Wildman–Crippen MR) is 81.9 cm³/mol. The van der Waals surface area contributed by atoms with Crippen molar-refractivity contribution >= 4 is 17.9 Å². The molecule has 0 aromatic carbocycles. The molecule has 0 aliphatic carbocycles. The summed E-state index contributed by atoms with van der Waals surface area (Å²) in [7, 11) is 1.46. The van der Waals surface area contributed by atoms with Crippen LogP contribution in [0.1, 0.15) is 46.5 Å². The summed E-state index contributed by atoms with van der Waals surface area (Å²) in [5.41, 5.74) is 0. The SMILES string of the molecule is CCC(=O)OC[C@H]1O[C@H](OC)C[C@@H](OC(=O)CC)[C@@H]1OC(=O)CC. The minimum absolute atomic E-state index is 0.117. The fraction of sp³-hybridized carbons (Fsp3) is 0.812. The van der Waals surface area contributed by atoms with Crippen LogP contribution >= 0.6 is 0 Å². The maximum Gasteiger partial charge on any atom is 0.306 e. The second-order valence-electron chi connectivity index (χ2n) is 5.30. The van der Waals surface area contributed by atoms with Crippen molar-refractivity contribution in [3.05, 3.63) is 0 Å². The van der Waals surface area contributed by atoms with Crippen molar-refractivity contribution in [3.63, 3.8) is 0 Å². The molecule has 1 saturated heterocycles. The van der Waals surface area contributed by atoms with Gasteiger partial charge in [0.15, 0.2) is 12.4 Å². The third-order valence-corrected chi connectivity index (χ3v) is 3.57. The summed E-state index contributed by atoms with van der Waals surface area (Å²) in [6, 6.07) is 0. The lowest BCUT2D eigenvalue weighted by atomic mass is 10.0. The lowest BCUT2D eigenvalue weighted by Crippen LogP contribution is -2.54. The van der Waals surface area contributed by atoms with E-state index < -0.39 is 42.5 Å².